The molecule has 6 heteroatoms. The molecule has 0 fully saturated rings. The van der Waals surface area contributed by atoms with Gasteiger partial charge in [-0.05, 0) is 19.1 Å². The Morgan fingerprint density at radius 2 is 2.11 bits per heavy atom. The van der Waals surface area contributed by atoms with Crippen LogP contribution in [-0.4, -0.2) is 35.7 Å². The molecule has 2 N–H and O–H groups in total. The lowest BCUT2D eigenvalue weighted by Crippen LogP contribution is -2.33. The van der Waals surface area contributed by atoms with Crippen LogP contribution in [0, 0.1) is 5.92 Å². The zero-order valence-electron chi connectivity index (χ0n) is 9.96. The summed E-state index contributed by atoms with van der Waals surface area (Å²) in [6.07, 6.45) is 1.41. The van der Waals surface area contributed by atoms with Crippen molar-refractivity contribution in [2.24, 2.45) is 11.7 Å². The van der Waals surface area contributed by atoms with Crippen LogP contribution < -0.4 is 5.73 Å². The Hall–Kier alpha value is -2.08. The van der Waals surface area contributed by atoms with Crippen molar-refractivity contribution in [1.82, 2.24) is 4.98 Å². The van der Waals surface area contributed by atoms with E-state index in [2.05, 4.69) is 4.98 Å². The number of aromatic nitrogens is 1. The summed E-state index contributed by atoms with van der Waals surface area (Å²) in [5.41, 5.74) is 5.24. The zero-order valence-corrected chi connectivity index (χ0v) is 9.96. The minimum Gasteiger partial charge on any atom is -0.463 e. The number of rotatable bonds is 6. The fourth-order valence-electron chi connectivity index (χ4n) is 1.36. The number of Topliss-reactive ketones (excluding diaryl/α,β-unsaturated/α-hetero) is 2. The molecule has 0 amide bonds. The van der Waals surface area contributed by atoms with E-state index in [4.69, 9.17) is 10.5 Å². The molecule has 0 aliphatic heterocycles. The van der Waals surface area contributed by atoms with E-state index in [-0.39, 0.29) is 18.8 Å². The maximum absolute atomic E-state index is 12.0. The van der Waals surface area contributed by atoms with Gasteiger partial charge in [-0.25, -0.2) is 0 Å². The number of pyridine rings is 1. The summed E-state index contributed by atoms with van der Waals surface area (Å²) in [4.78, 5) is 38.8. The topological polar surface area (TPSA) is 99.4 Å². The van der Waals surface area contributed by atoms with E-state index in [1.165, 1.54) is 12.3 Å². The fraction of sp³-hybridized carbons (Fsp3) is 0.333. The molecule has 1 rings (SSSR count). The van der Waals surface area contributed by atoms with Crippen molar-refractivity contribution in [2.45, 2.75) is 6.92 Å². The van der Waals surface area contributed by atoms with Gasteiger partial charge < -0.3 is 10.5 Å². The second-order valence-electron chi connectivity index (χ2n) is 3.58. The predicted octanol–water partition coefficient (Wildman–Crippen LogP) is -0.0286. The zero-order chi connectivity index (χ0) is 13.5. The van der Waals surface area contributed by atoms with Crippen molar-refractivity contribution < 1.29 is 19.1 Å². The summed E-state index contributed by atoms with van der Waals surface area (Å²) >= 11 is 0. The molecule has 0 spiro atoms. The van der Waals surface area contributed by atoms with E-state index in [9.17, 15) is 14.4 Å². The number of hydrogen-bond donors (Lipinski definition) is 1. The van der Waals surface area contributed by atoms with Crippen LogP contribution in [0.5, 0.6) is 0 Å². The third-order valence-electron chi connectivity index (χ3n) is 2.18. The fourth-order valence-corrected chi connectivity index (χ4v) is 1.36. The van der Waals surface area contributed by atoms with Crippen LogP contribution in [-0.2, 0) is 14.3 Å². The smallest absolute Gasteiger partial charge is 0.324 e. The Kier molecular flexibility index (Phi) is 5.13. The quantitative estimate of drug-likeness (QED) is 0.432. The van der Waals surface area contributed by atoms with E-state index >= 15 is 0 Å². The number of hydrogen-bond acceptors (Lipinski definition) is 6. The number of ketones is 2. The highest BCUT2D eigenvalue weighted by atomic mass is 16.5. The van der Waals surface area contributed by atoms with E-state index < -0.39 is 23.5 Å². The number of nitrogens with zero attached hydrogens (tertiary/aromatic N) is 1. The molecular formula is C12H14N2O4. The maximum Gasteiger partial charge on any atom is 0.324 e. The van der Waals surface area contributed by atoms with Crippen molar-refractivity contribution >= 4 is 17.5 Å². The summed E-state index contributed by atoms with van der Waals surface area (Å²) < 4.78 is 4.72. The minimum absolute atomic E-state index is 0.0297. The van der Waals surface area contributed by atoms with Crippen LogP contribution in [0.4, 0.5) is 0 Å². The van der Waals surface area contributed by atoms with Gasteiger partial charge in [-0.15, -0.1) is 0 Å². The average molecular weight is 250 g/mol. The molecule has 0 bridgehead atoms. The number of carbonyl (C=O) groups excluding carboxylic acids is 3. The molecule has 0 saturated heterocycles. The third-order valence-corrected chi connectivity index (χ3v) is 2.18. The van der Waals surface area contributed by atoms with Crippen LogP contribution in [0.25, 0.3) is 0 Å². The summed E-state index contributed by atoms with van der Waals surface area (Å²) in [5.74, 6) is -3.59. The number of ether oxygens (including phenoxy) is 1. The van der Waals surface area contributed by atoms with Gasteiger partial charge in [0.1, 0.15) is 12.3 Å². The number of nitrogens with two attached hydrogens (primary N) is 1. The van der Waals surface area contributed by atoms with E-state index in [1.807, 2.05) is 0 Å². The molecule has 1 aromatic heterocycles. The molecule has 0 radical (unpaired) electrons. The lowest BCUT2D eigenvalue weighted by molar-refractivity contribution is -0.149. The largest absolute Gasteiger partial charge is 0.463 e. The van der Waals surface area contributed by atoms with E-state index in [0.29, 0.717) is 0 Å². The minimum atomic E-state index is -1.47. The predicted molar refractivity (Wildman–Crippen MR) is 62.8 cm³/mol. The van der Waals surface area contributed by atoms with Gasteiger partial charge in [-0.1, -0.05) is 6.07 Å². The molecule has 0 aliphatic carbocycles. The van der Waals surface area contributed by atoms with Crippen molar-refractivity contribution in [2.75, 3.05) is 13.2 Å². The van der Waals surface area contributed by atoms with Crippen molar-refractivity contribution in [3.63, 3.8) is 0 Å². The molecule has 0 aromatic carbocycles. The summed E-state index contributed by atoms with van der Waals surface area (Å²) in [6, 6.07) is 4.67. The van der Waals surface area contributed by atoms with Gasteiger partial charge in [0.2, 0.25) is 5.78 Å². The first-order valence-electron chi connectivity index (χ1n) is 5.40. The Balaban J connectivity index is 2.89. The number of carbonyl (C=O) groups is 3. The van der Waals surface area contributed by atoms with Gasteiger partial charge in [-0.3, -0.25) is 19.4 Å². The lowest BCUT2D eigenvalue weighted by atomic mass is 9.97. The van der Waals surface area contributed by atoms with Gasteiger partial charge in [0.15, 0.2) is 11.7 Å². The van der Waals surface area contributed by atoms with Gasteiger partial charge in [0.05, 0.1) is 0 Å². The van der Waals surface area contributed by atoms with Gasteiger partial charge in [0, 0.05) is 12.7 Å². The SMILES string of the molecule is CC(=O)C(C(=O)OCCN)C(=O)c1ccccn1. The first-order valence-corrected chi connectivity index (χ1v) is 5.40. The van der Waals surface area contributed by atoms with Crippen LogP contribution >= 0.6 is 0 Å². The van der Waals surface area contributed by atoms with Crippen molar-refractivity contribution in [3.8, 4) is 0 Å². The second kappa shape index (κ2) is 6.61. The second-order valence-corrected chi connectivity index (χ2v) is 3.58. The van der Waals surface area contributed by atoms with Crippen molar-refractivity contribution in [1.29, 1.82) is 0 Å². The summed E-state index contributed by atoms with van der Waals surface area (Å²) in [5, 5.41) is 0. The first kappa shape index (κ1) is 14.0. The molecule has 18 heavy (non-hydrogen) atoms. The Labute approximate surface area is 104 Å². The van der Waals surface area contributed by atoms with E-state index in [1.54, 1.807) is 12.1 Å². The lowest BCUT2D eigenvalue weighted by Gasteiger charge is -2.11. The highest BCUT2D eigenvalue weighted by molar-refractivity contribution is 6.21. The first-order chi connectivity index (χ1) is 8.57. The van der Waals surface area contributed by atoms with Crippen LogP contribution in [0.3, 0.4) is 0 Å². The Morgan fingerprint density at radius 1 is 1.39 bits per heavy atom. The third kappa shape index (κ3) is 3.46. The standard InChI is InChI=1S/C12H14N2O4/c1-8(15)10(12(17)18-7-5-13)11(16)9-4-2-3-6-14-9/h2-4,6,10H,5,7,13H2,1H3. The van der Waals surface area contributed by atoms with Crippen LogP contribution in [0.1, 0.15) is 17.4 Å². The Bertz CT molecular complexity index is 445. The van der Waals surface area contributed by atoms with Crippen LogP contribution in [0.15, 0.2) is 24.4 Å². The molecule has 1 unspecified atom stereocenters. The molecule has 1 aromatic rings. The monoisotopic (exact) mass is 250 g/mol. The molecule has 0 aliphatic rings. The molecule has 1 atom stereocenters. The summed E-state index contributed by atoms with van der Waals surface area (Å²) in [7, 11) is 0. The Morgan fingerprint density at radius 3 is 2.61 bits per heavy atom. The average Bonchev–Trinajstić information content (AvgIpc) is 2.37. The van der Waals surface area contributed by atoms with Crippen molar-refractivity contribution in [3.05, 3.63) is 30.1 Å². The molecule has 96 valence electrons. The van der Waals surface area contributed by atoms with Gasteiger partial charge in [-0.2, -0.15) is 0 Å². The van der Waals surface area contributed by atoms with Gasteiger partial charge >= 0.3 is 5.97 Å². The molecular weight excluding hydrogens is 236 g/mol. The highest BCUT2D eigenvalue weighted by Gasteiger charge is 2.33. The maximum atomic E-state index is 12.0. The van der Waals surface area contributed by atoms with E-state index in [0.717, 1.165) is 6.92 Å². The van der Waals surface area contributed by atoms with Gasteiger partial charge in [0.25, 0.3) is 0 Å². The van der Waals surface area contributed by atoms with Crippen LogP contribution in [0.2, 0.25) is 0 Å². The molecule has 6 nitrogen and oxygen atoms in total. The summed E-state index contributed by atoms with van der Waals surface area (Å²) in [6.45, 7) is 1.27. The number of esters is 1. The molecule has 1 heterocycles. The molecule has 0 saturated carbocycles. The highest BCUT2D eigenvalue weighted by Crippen LogP contribution is 2.10. The normalized spacial score (nSPS) is 11.7.